The molecule has 92 valence electrons. The molecule has 0 aliphatic carbocycles. The maximum absolute atomic E-state index is 13.4. The Bertz CT molecular complexity index is 447. The molecule has 1 aliphatic heterocycles. The first-order chi connectivity index (χ1) is 8.01. The summed E-state index contributed by atoms with van der Waals surface area (Å²) in [6, 6.07) is 3.93. The van der Waals surface area contributed by atoms with Crippen LogP contribution in [0.4, 0.5) is 10.1 Å². The van der Waals surface area contributed by atoms with Gasteiger partial charge in [0, 0.05) is 11.6 Å². The molecular formula is C11H12ClFN2O2. The molecule has 1 amide bonds. The highest BCUT2D eigenvalue weighted by atomic mass is 35.5. The van der Waals surface area contributed by atoms with Gasteiger partial charge in [-0.1, -0.05) is 11.6 Å². The van der Waals surface area contributed by atoms with Gasteiger partial charge in [0.05, 0.1) is 12.3 Å². The van der Waals surface area contributed by atoms with E-state index in [9.17, 15) is 9.18 Å². The van der Waals surface area contributed by atoms with E-state index in [0.717, 1.165) is 0 Å². The van der Waals surface area contributed by atoms with Crippen LogP contribution < -0.4 is 11.1 Å². The van der Waals surface area contributed by atoms with Crippen molar-refractivity contribution in [3.63, 3.8) is 0 Å². The van der Waals surface area contributed by atoms with Crippen molar-refractivity contribution in [2.75, 3.05) is 18.5 Å². The van der Waals surface area contributed by atoms with Crippen LogP contribution in [0.15, 0.2) is 18.2 Å². The number of hydrogen-bond acceptors (Lipinski definition) is 3. The molecule has 6 heteroatoms. The van der Waals surface area contributed by atoms with Crippen LogP contribution in [0.3, 0.4) is 0 Å². The predicted molar refractivity (Wildman–Crippen MR) is 62.4 cm³/mol. The molecule has 4 nitrogen and oxygen atoms in total. The molecule has 1 heterocycles. The Kier molecular flexibility index (Phi) is 3.33. The number of rotatable bonds is 2. The minimum absolute atomic E-state index is 0.0271. The summed E-state index contributed by atoms with van der Waals surface area (Å²) in [7, 11) is 0. The van der Waals surface area contributed by atoms with Gasteiger partial charge in [0.15, 0.2) is 0 Å². The second-order valence-corrected chi connectivity index (χ2v) is 4.47. The Balaban J connectivity index is 2.15. The molecule has 1 atom stereocenters. The zero-order valence-electron chi connectivity index (χ0n) is 9.00. The lowest BCUT2D eigenvalue weighted by atomic mass is 9.99. The summed E-state index contributed by atoms with van der Waals surface area (Å²) in [6.07, 6.45) is 0.418. The second kappa shape index (κ2) is 4.60. The Morgan fingerprint density at radius 3 is 3.00 bits per heavy atom. The first-order valence-corrected chi connectivity index (χ1v) is 5.52. The van der Waals surface area contributed by atoms with Gasteiger partial charge in [-0.3, -0.25) is 4.79 Å². The van der Waals surface area contributed by atoms with Crippen LogP contribution in [0.5, 0.6) is 0 Å². The molecule has 0 radical (unpaired) electrons. The van der Waals surface area contributed by atoms with Gasteiger partial charge in [-0.15, -0.1) is 0 Å². The van der Waals surface area contributed by atoms with E-state index in [1.54, 1.807) is 0 Å². The molecule has 0 saturated carbocycles. The fourth-order valence-corrected chi connectivity index (χ4v) is 1.77. The first kappa shape index (κ1) is 12.3. The van der Waals surface area contributed by atoms with Gasteiger partial charge in [-0.25, -0.2) is 4.39 Å². The van der Waals surface area contributed by atoms with Crippen molar-refractivity contribution in [3.05, 3.63) is 29.0 Å². The van der Waals surface area contributed by atoms with Crippen molar-refractivity contribution >= 4 is 23.2 Å². The van der Waals surface area contributed by atoms with Crippen molar-refractivity contribution in [2.24, 2.45) is 5.73 Å². The number of carbonyl (C=O) groups is 1. The Hall–Kier alpha value is -1.17. The maximum atomic E-state index is 13.4. The lowest BCUT2D eigenvalue weighted by molar-refractivity contribution is -0.121. The molecule has 1 aromatic carbocycles. The van der Waals surface area contributed by atoms with Gasteiger partial charge in [0.25, 0.3) is 0 Å². The fraction of sp³-hybridized carbons (Fsp3) is 0.364. The van der Waals surface area contributed by atoms with Crippen molar-refractivity contribution in [3.8, 4) is 0 Å². The topological polar surface area (TPSA) is 64.4 Å². The van der Waals surface area contributed by atoms with Crippen LogP contribution >= 0.6 is 11.6 Å². The fourth-order valence-electron chi connectivity index (χ4n) is 1.60. The molecule has 17 heavy (non-hydrogen) atoms. The highest BCUT2D eigenvalue weighted by Crippen LogP contribution is 2.22. The quantitative estimate of drug-likeness (QED) is 0.846. The van der Waals surface area contributed by atoms with Crippen molar-refractivity contribution in [1.29, 1.82) is 0 Å². The third-order valence-corrected chi connectivity index (χ3v) is 2.92. The molecular weight excluding hydrogens is 247 g/mol. The number of nitrogens with one attached hydrogen (secondary N) is 1. The van der Waals surface area contributed by atoms with E-state index in [0.29, 0.717) is 18.1 Å². The van der Waals surface area contributed by atoms with Gasteiger partial charge >= 0.3 is 0 Å². The number of ether oxygens (including phenoxy) is 1. The summed E-state index contributed by atoms with van der Waals surface area (Å²) in [5.41, 5.74) is 4.78. The number of benzene rings is 1. The summed E-state index contributed by atoms with van der Waals surface area (Å²) in [4.78, 5) is 11.9. The smallest absolute Gasteiger partial charge is 0.247 e. The lowest BCUT2D eigenvalue weighted by Crippen LogP contribution is -2.51. The number of carbonyl (C=O) groups excluding carboxylic acids is 1. The summed E-state index contributed by atoms with van der Waals surface area (Å²) >= 11 is 5.72. The van der Waals surface area contributed by atoms with Crippen LogP contribution in [0.2, 0.25) is 5.02 Å². The number of nitrogens with two attached hydrogens (primary N) is 1. The van der Waals surface area contributed by atoms with Gasteiger partial charge < -0.3 is 15.8 Å². The van der Waals surface area contributed by atoms with E-state index < -0.39 is 17.3 Å². The third-order valence-electron chi connectivity index (χ3n) is 2.68. The monoisotopic (exact) mass is 258 g/mol. The minimum Gasteiger partial charge on any atom is -0.379 e. The van der Waals surface area contributed by atoms with E-state index >= 15 is 0 Å². The van der Waals surface area contributed by atoms with Crippen LogP contribution in [-0.4, -0.2) is 24.7 Å². The van der Waals surface area contributed by atoms with Crippen LogP contribution in [0.25, 0.3) is 0 Å². The summed E-state index contributed by atoms with van der Waals surface area (Å²) in [5, 5.41) is 2.77. The molecule has 3 N–H and O–H groups in total. The number of hydrogen-bond donors (Lipinski definition) is 2. The third kappa shape index (κ3) is 2.57. The van der Waals surface area contributed by atoms with Crippen molar-refractivity contribution < 1.29 is 13.9 Å². The molecule has 1 saturated heterocycles. The summed E-state index contributed by atoms with van der Waals surface area (Å²) < 4.78 is 18.5. The number of halogens is 2. The SMILES string of the molecule is NC1(C(=O)Nc2cc(Cl)ccc2F)CCOC1. The Morgan fingerprint density at radius 2 is 2.35 bits per heavy atom. The highest BCUT2D eigenvalue weighted by molar-refractivity contribution is 6.30. The van der Waals surface area contributed by atoms with Crippen LogP contribution in [-0.2, 0) is 9.53 Å². The van der Waals surface area contributed by atoms with Gasteiger partial charge in [-0.2, -0.15) is 0 Å². The summed E-state index contributed by atoms with van der Waals surface area (Å²) in [6.45, 7) is 0.572. The average Bonchev–Trinajstić information content (AvgIpc) is 2.72. The Labute approximate surface area is 103 Å². The Morgan fingerprint density at radius 1 is 1.59 bits per heavy atom. The summed E-state index contributed by atoms with van der Waals surface area (Å²) in [5.74, 6) is -1.01. The van der Waals surface area contributed by atoms with E-state index in [1.165, 1.54) is 18.2 Å². The average molecular weight is 259 g/mol. The molecule has 1 fully saturated rings. The van der Waals surface area contributed by atoms with E-state index in [1.807, 2.05) is 0 Å². The van der Waals surface area contributed by atoms with Crippen LogP contribution in [0, 0.1) is 5.82 Å². The van der Waals surface area contributed by atoms with E-state index in [2.05, 4.69) is 5.32 Å². The highest BCUT2D eigenvalue weighted by Gasteiger charge is 2.38. The normalized spacial score (nSPS) is 23.7. The van der Waals surface area contributed by atoms with Gasteiger partial charge in [0.2, 0.25) is 5.91 Å². The van der Waals surface area contributed by atoms with Crippen LogP contribution in [0.1, 0.15) is 6.42 Å². The molecule has 1 aliphatic rings. The number of anilines is 1. The molecule has 0 spiro atoms. The maximum Gasteiger partial charge on any atom is 0.247 e. The van der Waals surface area contributed by atoms with Gasteiger partial charge in [0.1, 0.15) is 11.4 Å². The molecule has 0 aromatic heterocycles. The predicted octanol–water partition coefficient (Wildman–Crippen LogP) is 1.54. The van der Waals surface area contributed by atoms with Crippen molar-refractivity contribution in [1.82, 2.24) is 0 Å². The van der Waals surface area contributed by atoms with E-state index in [4.69, 9.17) is 22.1 Å². The molecule has 0 bridgehead atoms. The molecule has 1 unspecified atom stereocenters. The minimum atomic E-state index is -1.09. The zero-order chi connectivity index (χ0) is 12.5. The second-order valence-electron chi connectivity index (χ2n) is 4.04. The number of amides is 1. The molecule has 1 aromatic rings. The first-order valence-electron chi connectivity index (χ1n) is 5.14. The standard InChI is InChI=1S/C11H12ClFN2O2/c12-7-1-2-8(13)9(5-7)15-10(16)11(14)3-4-17-6-11/h1-2,5H,3-4,6,14H2,(H,15,16). The van der Waals surface area contributed by atoms with E-state index in [-0.39, 0.29) is 12.3 Å². The van der Waals surface area contributed by atoms with Gasteiger partial charge in [-0.05, 0) is 24.6 Å². The lowest BCUT2D eigenvalue weighted by Gasteiger charge is -2.20. The molecule has 2 rings (SSSR count). The van der Waals surface area contributed by atoms with Crippen molar-refractivity contribution in [2.45, 2.75) is 12.0 Å². The zero-order valence-corrected chi connectivity index (χ0v) is 9.76. The largest absolute Gasteiger partial charge is 0.379 e.